The Hall–Kier alpha value is -2.58. The van der Waals surface area contributed by atoms with Gasteiger partial charge in [-0.3, -0.25) is 4.79 Å². The molecule has 3 nitrogen and oxygen atoms in total. The van der Waals surface area contributed by atoms with Crippen molar-refractivity contribution >= 4 is 6.29 Å². The van der Waals surface area contributed by atoms with Crippen LogP contribution in [0.25, 0.3) is 0 Å². The molecule has 0 bridgehead atoms. The lowest BCUT2D eigenvalue weighted by molar-refractivity contribution is -0.141. The Morgan fingerprint density at radius 3 is 2.13 bits per heavy atom. The number of ether oxygens (including phenoxy) is 1. The average Bonchev–Trinajstić information content (AvgIpc) is 2.46. The molecule has 122 valence electrons. The molecule has 0 aliphatic carbocycles. The van der Waals surface area contributed by atoms with E-state index < -0.39 is 29.4 Å². The van der Waals surface area contributed by atoms with Crippen molar-refractivity contribution < 1.29 is 35.9 Å². The first-order valence-electron chi connectivity index (χ1n) is 5.99. The zero-order chi connectivity index (χ0) is 17.3. The molecule has 0 fully saturated rings. The van der Waals surface area contributed by atoms with Gasteiger partial charge in [0, 0.05) is 0 Å². The molecule has 0 saturated heterocycles. The third kappa shape index (κ3) is 3.99. The Morgan fingerprint density at radius 1 is 0.957 bits per heavy atom. The number of rotatable bonds is 3. The van der Waals surface area contributed by atoms with Gasteiger partial charge in [0.05, 0.1) is 17.3 Å². The molecule has 0 saturated carbocycles. The number of carbonyl (C=O) groups is 1. The molecule has 2 rings (SSSR count). The lowest BCUT2D eigenvalue weighted by Gasteiger charge is -2.12. The molecule has 2 aromatic rings. The minimum absolute atomic E-state index is 0.183. The maximum Gasteiger partial charge on any atom is 0.433 e. The predicted octanol–water partition coefficient (Wildman–Crippen LogP) is 4.72. The standard InChI is InChI=1S/C14H7F6NO2/c15-13(16,17)9-2-1-8(7-22)11(5-9)23-10-3-4-12(21-6-10)14(18,19)20/h1-7H. The van der Waals surface area contributed by atoms with Crippen LogP contribution in [0.5, 0.6) is 11.5 Å². The van der Waals surface area contributed by atoms with Crippen molar-refractivity contribution in [1.82, 2.24) is 4.98 Å². The van der Waals surface area contributed by atoms with E-state index in [1.54, 1.807) is 0 Å². The van der Waals surface area contributed by atoms with E-state index in [4.69, 9.17) is 4.74 Å². The molecule has 0 N–H and O–H groups in total. The van der Waals surface area contributed by atoms with Gasteiger partial charge in [-0.2, -0.15) is 26.3 Å². The number of carbonyl (C=O) groups excluding carboxylic acids is 1. The van der Waals surface area contributed by atoms with Crippen LogP contribution >= 0.6 is 0 Å². The Kier molecular flexibility index (Phi) is 4.31. The van der Waals surface area contributed by atoms with E-state index >= 15 is 0 Å². The number of aromatic nitrogens is 1. The largest absolute Gasteiger partial charge is 0.455 e. The SMILES string of the molecule is O=Cc1ccc(C(F)(F)F)cc1Oc1ccc(C(F)(F)F)nc1. The molecule has 9 heteroatoms. The summed E-state index contributed by atoms with van der Waals surface area (Å²) in [6, 6.07) is 3.69. The lowest BCUT2D eigenvalue weighted by Crippen LogP contribution is -2.07. The molecule has 0 unspecified atom stereocenters. The smallest absolute Gasteiger partial charge is 0.433 e. The average molecular weight is 335 g/mol. The highest BCUT2D eigenvalue weighted by Gasteiger charge is 2.33. The molecular formula is C14H7F6NO2. The van der Waals surface area contributed by atoms with Gasteiger partial charge in [0.1, 0.15) is 17.2 Å². The van der Waals surface area contributed by atoms with E-state index in [0.29, 0.717) is 24.4 Å². The molecule has 1 heterocycles. The van der Waals surface area contributed by atoms with Crippen LogP contribution in [0.4, 0.5) is 26.3 Å². The molecule has 0 atom stereocenters. The fraction of sp³-hybridized carbons (Fsp3) is 0.143. The second-order valence-electron chi connectivity index (χ2n) is 4.35. The second kappa shape index (κ2) is 5.90. The van der Waals surface area contributed by atoms with Gasteiger partial charge in [0.15, 0.2) is 6.29 Å². The third-order valence-corrected chi connectivity index (χ3v) is 2.72. The molecule has 23 heavy (non-hydrogen) atoms. The highest BCUT2D eigenvalue weighted by atomic mass is 19.4. The molecule has 0 aliphatic heterocycles. The first-order chi connectivity index (χ1) is 10.6. The zero-order valence-corrected chi connectivity index (χ0v) is 11.1. The minimum Gasteiger partial charge on any atom is -0.455 e. The maximum absolute atomic E-state index is 12.6. The molecule has 0 spiro atoms. The van der Waals surface area contributed by atoms with E-state index in [1.165, 1.54) is 0 Å². The van der Waals surface area contributed by atoms with E-state index in [-0.39, 0.29) is 17.6 Å². The summed E-state index contributed by atoms with van der Waals surface area (Å²) in [5, 5.41) is 0. The van der Waals surface area contributed by atoms with Gasteiger partial charge in [0.2, 0.25) is 0 Å². The Bertz CT molecular complexity index is 707. The van der Waals surface area contributed by atoms with Crippen molar-refractivity contribution in [3.05, 3.63) is 53.3 Å². The van der Waals surface area contributed by atoms with E-state index in [0.717, 1.165) is 12.1 Å². The summed E-state index contributed by atoms with van der Waals surface area (Å²) >= 11 is 0. The number of pyridine rings is 1. The first-order valence-corrected chi connectivity index (χ1v) is 5.99. The van der Waals surface area contributed by atoms with Crippen LogP contribution in [0.15, 0.2) is 36.5 Å². The van der Waals surface area contributed by atoms with Crippen molar-refractivity contribution in [3.8, 4) is 11.5 Å². The van der Waals surface area contributed by atoms with Gasteiger partial charge in [-0.05, 0) is 30.3 Å². The minimum atomic E-state index is -4.65. The van der Waals surface area contributed by atoms with Crippen molar-refractivity contribution in [3.63, 3.8) is 0 Å². The van der Waals surface area contributed by atoms with E-state index in [1.807, 2.05) is 0 Å². The Balaban J connectivity index is 2.33. The Labute approximate surface area is 125 Å². The summed E-state index contributed by atoms with van der Waals surface area (Å²) in [6.45, 7) is 0. The predicted molar refractivity (Wildman–Crippen MR) is 66.1 cm³/mol. The first kappa shape index (κ1) is 16.8. The second-order valence-corrected chi connectivity index (χ2v) is 4.35. The molecule has 1 aromatic heterocycles. The molecule has 1 aromatic carbocycles. The number of hydrogen-bond acceptors (Lipinski definition) is 3. The maximum atomic E-state index is 12.6. The number of benzene rings is 1. The van der Waals surface area contributed by atoms with Gasteiger partial charge in [0.25, 0.3) is 0 Å². The van der Waals surface area contributed by atoms with Crippen LogP contribution in [-0.4, -0.2) is 11.3 Å². The summed E-state index contributed by atoms with van der Waals surface area (Å²) < 4.78 is 80.1. The van der Waals surface area contributed by atoms with Crippen LogP contribution in [0, 0.1) is 0 Å². The van der Waals surface area contributed by atoms with Gasteiger partial charge in [-0.15, -0.1) is 0 Å². The summed E-state index contributed by atoms with van der Waals surface area (Å²) in [7, 11) is 0. The van der Waals surface area contributed by atoms with Crippen molar-refractivity contribution in [2.45, 2.75) is 12.4 Å². The van der Waals surface area contributed by atoms with Crippen molar-refractivity contribution in [2.75, 3.05) is 0 Å². The monoisotopic (exact) mass is 335 g/mol. The van der Waals surface area contributed by atoms with Crippen LogP contribution in [0.1, 0.15) is 21.6 Å². The molecule has 0 aliphatic rings. The van der Waals surface area contributed by atoms with Gasteiger partial charge in [-0.25, -0.2) is 4.98 Å². The van der Waals surface area contributed by atoms with Crippen LogP contribution < -0.4 is 4.74 Å². The lowest BCUT2D eigenvalue weighted by atomic mass is 10.1. The van der Waals surface area contributed by atoms with Crippen LogP contribution in [0.2, 0.25) is 0 Å². The Morgan fingerprint density at radius 2 is 1.65 bits per heavy atom. The fourth-order valence-electron chi connectivity index (χ4n) is 1.63. The van der Waals surface area contributed by atoms with Gasteiger partial charge < -0.3 is 4.74 Å². The summed E-state index contributed by atoms with van der Waals surface area (Å²) in [4.78, 5) is 14.0. The summed E-state index contributed by atoms with van der Waals surface area (Å²) in [5.41, 5.74) is -2.42. The summed E-state index contributed by atoms with van der Waals surface area (Å²) in [5.74, 6) is -0.670. The topological polar surface area (TPSA) is 39.2 Å². The fourth-order valence-corrected chi connectivity index (χ4v) is 1.63. The highest BCUT2D eigenvalue weighted by molar-refractivity contribution is 5.79. The molecular weight excluding hydrogens is 328 g/mol. The van der Waals surface area contributed by atoms with E-state index in [9.17, 15) is 31.1 Å². The molecule has 0 radical (unpaired) electrons. The van der Waals surface area contributed by atoms with Crippen LogP contribution in [0.3, 0.4) is 0 Å². The number of hydrogen-bond donors (Lipinski definition) is 0. The number of alkyl halides is 6. The van der Waals surface area contributed by atoms with Crippen molar-refractivity contribution in [2.24, 2.45) is 0 Å². The van der Waals surface area contributed by atoms with Gasteiger partial charge >= 0.3 is 12.4 Å². The van der Waals surface area contributed by atoms with E-state index in [2.05, 4.69) is 4.98 Å². The highest BCUT2D eigenvalue weighted by Crippen LogP contribution is 2.35. The van der Waals surface area contributed by atoms with Crippen molar-refractivity contribution in [1.29, 1.82) is 0 Å². The van der Waals surface area contributed by atoms with Gasteiger partial charge in [-0.1, -0.05) is 0 Å². The quantitative estimate of drug-likeness (QED) is 0.602. The summed E-state index contributed by atoms with van der Waals surface area (Å²) in [6.07, 6.45) is -8.33. The van der Waals surface area contributed by atoms with Crippen LogP contribution in [-0.2, 0) is 12.4 Å². The number of aldehydes is 1. The number of halogens is 6. The zero-order valence-electron chi connectivity index (χ0n) is 11.1. The molecule has 0 amide bonds. The normalized spacial score (nSPS) is 12.1. The third-order valence-electron chi connectivity index (χ3n) is 2.72. The number of nitrogens with zero attached hydrogens (tertiary/aromatic N) is 1.